The number of nitrogens with zero attached hydrogens (tertiary/aromatic N) is 1. The van der Waals surface area contributed by atoms with E-state index in [1.54, 1.807) is 0 Å². The predicted octanol–water partition coefficient (Wildman–Crippen LogP) is 1.52. The summed E-state index contributed by atoms with van der Waals surface area (Å²) in [7, 11) is 0. The first kappa shape index (κ1) is 16.8. The first-order valence-electron chi connectivity index (χ1n) is 6.69. The zero-order valence-corrected chi connectivity index (χ0v) is 11.8. The summed E-state index contributed by atoms with van der Waals surface area (Å²) in [6, 6.07) is 0.357. The van der Waals surface area contributed by atoms with Gasteiger partial charge in [0.1, 0.15) is 0 Å². The number of hydrogen-bond acceptors (Lipinski definition) is 4. The molecule has 0 fully saturated rings. The lowest BCUT2D eigenvalue weighted by Gasteiger charge is -2.29. The van der Waals surface area contributed by atoms with Crippen LogP contribution in [0.25, 0.3) is 0 Å². The Hall–Kier alpha value is -0.160. The fourth-order valence-electron chi connectivity index (χ4n) is 1.85. The van der Waals surface area contributed by atoms with E-state index in [1.807, 2.05) is 20.8 Å². The van der Waals surface area contributed by atoms with E-state index in [1.165, 1.54) is 0 Å². The minimum atomic E-state index is -0.258. The van der Waals surface area contributed by atoms with Gasteiger partial charge in [-0.2, -0.15) is 0 Å². The third-order valence-corrected chi connectivity index (χ3v) is 2.76. The van der Waals surface area contributed by atoms with Gasteiger partial charge < -0.3 is 14.6 Å². The van der Waals surface area contributed by atoms with Crippen LogP contribution in [0.5, 0.6) is 0 Å². The molecule has 0 aromatic rings. The van der Waals surface area contributed by atoms with E-state index < -0.39 is 0 Å². The Balaban J connectivity index is 3.98. The Morgan fingerprint density at radius 2 is 1.47 bits per heavy atom. The maximum absolute atomic E-state index is 9.43. The van der Waals surface area contributed by atoms with Gasteiger partial charge in [-0.1, -0.05) is 0 Å². The lowest BCUT2D eigenvalue weighted by atomic mass is 10.1. The molecule has 0 amide bonds. The second kappa shape index (κ2) is 11.0. The smallest absolute Gasteiger partial charge is 0.0593 e. The van der Waals surface area contributed by atoms with Gasteiger partial charge in [-0.3, -0.25) is 4.90 Å². The third kappa shape index (κ3) is 9.53. The molecule has 17 heavy (non-hydrogen) atoms. The van der Waals surface area contributed by atoms with Crippen LogP contribution < -0.4 is 0 Å². The highest BCUT2D eigenvalue weighted by atomic mass is 16.5. The van der Waals surface area contributed by atoms with Crippen molar-refractivity contribution in [3.8, 4) is 0 Å². The second-order valence-electron chi connectivity index (χ2n) is 4.36. The zero-order chi connectivity index (χ0) is 13.1. The fourth-order valence-corrected chi connectivity index (χ4v) is 1.85. The van der Waals surface area contributed by atoms with Crippen LogP contribution in [0.3, 0.4) is 0 Å². The molecule has 4 heteroatoms. The lowest BCUT2D eigenvalue weighted by molar-refractivity contribution is 0.0513. The Bertz CT molecular complexity index is 155. The van der Waals surface area contributed by atoms with Gasteiger partial charge in [0.2, 0.25) is 0 Å². The molecule has 0 aliphatic heterocycles. The summed E-state index contributed by atoms with van der Waals surface area (Å²) in [6.45, 7) is 12.8. The van der Waals surface area contributed by atoms with Crippen LogP contribution >= 0.6 is 0 Å². The monoisotopic (exact) mass is 247 g/mol. The van der Waals surface area contributed by atoms with Crippen LogP contribution in [0.15, 0.2) is 0 Å². The number of rotatable bonds is 11. The quantitative estimate of drug-likeness (QED) is 0.562. The van der Waals surface area contributed by atoms with Crippen molar-refractivity contribution in [3.63, 3.8) is 0 Å². The van der Waals surface area contributed by atoms with Gasteiger partial charge in [0.25, 0.3) is 0 Å². The van der Waals surface area contributed by atoms with E-state index in [4.69, 9.17) is 9.47 Å². The minimum Gasteiger partial charge on any atom is -0.393 e. The summed E-state index contributed by atoms with van der Waals surface area (Å²) in [5, 5.41) is 9.43. The fraction of sp³-hybridized carbons (Fsp3) is 1.00. The van der Waals surface area contributed by atoms with Crippen LogP contribution in [-0.2, 0) is 9.47 Å². The second-order valence-corrected chi connectivity index (χ2v) is 4.36. The summed E-state index contributed by atoms with van der Waals surface area (Å²) in [5.74, 6) is 0. The minimum absolute atomic E-state index is 0.258. The van der Waals surface area contributed by atoms with Crippen molar-refractivity contribution in [2.75, 3.05) is 39.5 Å². The van der Waals surface area contributed by atoms with E-state index >= 15 is 0 Å². The SMILES string of the molecule is CCOCCN(CCOCC)C(C)CC(C)O. The number of aliphatic hydroxyl groups is 1. The third-order valence-electron chi connectivity index (χ3n) is 2.76. The van der Waals surface area contributed by atoms with Gasteiger partial charge in [0.15, 0.2) is 0 Å². The van der Waals surface area contributed by atoms with Crippen molar-refractivity contribution < 1.29 is 14.6 Å². The Morgan fingerprint density at radius 1 is 1.00 bits per heavy atom. The molecular formula is C13H29NO3. The summed E-state index contributed by atoms with van der Waals surface area (Å²) >= 11 is 0. The van der Waals surface area contributed by atoms with Crippen molar-refractivity contribution in [1.82, 2.24) is 4.90 Å². The molecule has 104 valence electrons. The van der Waals surface area contributed by atoms with Gasteiger partial charge in [-0.15, -0.1) is 0 Å². The van der Waals surface area contributed by atoms with Crippen molar-refractivity contribution in [1.29, 1.82) is 0 Å². The summed E-state index contributed by atoms with van der Waals surface area (Å²) in [5.41, 5.74) is 0. The number of hydrogen-bond donors (Lipinski definition) is 1. The molecule has 2 unspecified atom stereocenters. The first-order valence-corrected chi connectivity index (χ1v) is 6.69. The Labute approximate surface area is 106 Å². The average Bonchev–Trinajstić information content (AvgIpc) is 2.26. The Kier molecular flexibility index (Phi) is 10.9. The van der Waals surface area contributed by atoms with Gasteiger partial charge in [-0.25, -0.2) is 0 Å². The van der Waals surface area contributed by atoms with Crippen molar-refractivity contribution in [2.24, 2.45) is 0 Å². The maximum atomic E-state index is 9.43. The molecule has 0 spiro atoms. The van der Waals surface area contributed by atoms with Crippen molar-refractivity contribution in [2.45, 2.75) is 46.3 Å². The van der Waals surface area contributed by atoms with Crippen LogP contribution in [-0.4, -0.2) is 61.7 Å². The number of ether oxygens (including phenoxy) is 2. The maximum Gasteiger partial charge on any atom is 0.0593 e. The molecule has 0 saturated heterocycles. The standard InChI is InChI=1S/C13H29NO3/c1-5-16-9-7-14(8-10-17-6-2)12(3)11-13(4)15/h12-13,15H,5-11H2,1-4H3. The van der Waals surface area contributed by atoms with E-state index in [0.29, 0.717) is 6.04 Å². The molecule has 0 rings (SSSR count). The molecule has 2 atom stereocenters. The summed E-state index contributed by atoms with van der Waals surface area (Å²) in [6.07, 6.45) is 0.532. The highest BCUT2D eigenvalue weighted by Gasteiger charge is 2.15. The molecule has 0 radical (unpaired) electrons. The molecular weight excluding hydrogens is 218 g/mol. The van der Waals surface area contributed by atoms with E-state index in [-0.39, 0.29) is 6.10 Å². The first-order chi connectivity index (χ1) is 8.11. The van der Waals surface area contributed by atoms with Crippen molar-refractivity contribution >= 4 is 0 Å². The summed E-state index contributed by atoms with van der Waals surface area (Å²) in [4.78, 5) is 2.32. The zero-order valence-electron chi connectivity index (χ0n) is 11.8. The van der Waals surface area contributed by atoms with E-state index in [0.717, 1.165) is 45.9 Å². The molecule has 0 aliphatic carbocycles. The lowest BCUT2D eigenvalue weighted by Crippen LogP contribution is -2.39. The van der Waals surface area contributed by atoms with Crippen LogP contribution in [0.1, 0.15) is 34.1 Å². The van der Waals surface area contributed by atoms with E-state index in [9.17, 15) is 5.11 Å². The molecule has 0 bridgehead atoms. The van der Waals surface area contributed by atoms with Gasteiger partial charge in [0.05, 0.1) is 19.3 Å². The normalized spacial score (nSPS) is 15.2. The van der Waals surface area contributed by atoms with E-state index in [2.05, 4.69) is 11.8 Å². The topological polar surface area (TPSA) is 41.9 Å². The molecule has 0 aliphatic rings. The Morgan fingerprint density at radius 3 is 1.82 bits per heavy atom. The molecule has 1 N–H and O–H groups in total. The average molecular weight is 247 g/mol. The largest absolute Gasteiger partial charge is 0.393 e. The van der Waals surface area contributed by atoms with Gasteiger partial charge in [0, 0.05) is 32.3 Å². The van der Waals surface area contributed by atoms with Crippen LogP contribution in [0, 0.1) is 0 Å². The van der Waals surface area contributed by atoms with Gasteiger partial charge >= 0.3 is 0 Å². The van der Waals surface area contributed by atoms with Crippen molar-refractivity contribution in [3.05, 3.63) is 0 Å². The predicted molar refractivity (Wildman–Crippen MR) is 70.3 cm³/mol. The molecule has 0 aromatic heterocycles. The molecule has 4 nitrogen and oxygen atoms in total. The van der Waals surface area contributed by atoms with Crippen LogP contribution in [0.2, 0.25) is 0 Å². The van der Waals surface area contributed by atoms with Crippen LogP contribution in [0.4, 0.5) is 0 Å². The highest BCUT2D eigenvalue weighted by Crippen LogP contribution is 2.06. The highest BCUT2D eigenvalue weighted by molar-refractivity contribution is 4.69. The number of aliphatic hydroxyl groups excluding tert-OH is 1. The van der Waals surface area contributed by atoms with Gasteiger partial charge in [-0.05, 0) is 34.1 Å². The molecule has 0 aromatic carbocycles. The molecule has 0 heterocycles. The summed E-state index contributed by atoms with van der Waals surface area (Å²) < 4.78 is 10.8. The molecule has 0 saturated carbocycles.